The number of aromatic nitrogens is 2. The smallest absolute Gasteiger partial charge is 0.410 e. The monoisotopic (exact) mass is 322 g/mol. The zero-order chi connectivity index (χ0) is 16.9. The fourth-order valence-corrected chi connectivity index (χ4v) is 2.60. The third-order valence-corrected chi connectivity index (χ3v) is 3.65. The molecule has 0 spiro atoms. The molecule has 1 aromatic heterocycles. The second-order valence-electron chi connectivity index (χ2n) is 6.98. The molecule has 0 aliphatic carbocycles. The molecule has 7 nitrogen and oxygen atoms in total. The van der Waals surface area contributed by atoms with Gasteiger partial charge >= 0.3 is 6.09 Å². The number of H-pyrrole nitrogens is 1. The molecule has 2 N–H and O–H groups in total. The summed E-state index contributed by atoms with van der Waals surface area (Å²) in [6.45, 7) is 8.51. The predicted molar refractivity (Wildman–Crippen MR) is 87.1 cm³/mol. The first kappa shape index (κ1) is 17.5. The standard InChI is InChI=1S/C16H26N4O3/c1-16(2,3)23-15(22)20-8-4-5-12(11-20)9-17-10-13-6-7-14(21)19-18-13/h6-7,12,17H,4-5,8-11H2,1-3H3,(H,19,21). The SMILES string of the molecule is CC(C)(C)OC(=O)N1CCCC(CNCc2ccc(=O)[nH]n2)C1. The number of aromatic amines is 1. The lowest BCUT2D eigenvalue weighted by atomic mass is 9.98. The Hall–Kier alpha value is -1.89. The van der Waals surface area contributed by atoms with Crippen LogP contribution in [0.25, 0.3) is 0 Å². The molecule has 0 bridgehead atoms. The van der Waals surface area contributed by atoms with Crippen molar-refractivity contribution in [3.63, 3.8) is 0 Å². The van der Waals surface area contributed by atoms with Crippen LogP contribution in [0.5, 0.6) is 0 Å². The molecule has 7 heteroatoms. The summed E-state index contributed by atoms with van der Waals surface area (Å²) in [4.78, 5) is 24.9. The molecular formula is C16H26N4O3. The first-order valence-electron chi connectivity index (χ1n) is 8.07. The van der Waals surface area contributed by atoms with Gasteiger partial charge in [-0.3, -0.25) is 4.79 Å². The summed E-state index contributed by atoms with van der Waals surface area (Å²) in [6, 6.07) is 3.18. The first-order chi connectivity index (χ1) is 10.8. The number of carbonyl (C=O) groups excluding carboxylic acids is 1. The quantitative estimate of drug-likeness (QED) is 0.877. The molecular weight excluding hydrogens is 296 g/mol. The molecule has 0 saturated carbocycles. The molecule has 1 amide bonds. The molecule has 1 atom stereocenters. The average molecular weight is 322 g/mol. The molecule has 0 aromatic carbocycles. The van der Waals surface area contributed by atoms with Crippen LogP contribution in [0.1, 0.15) is 39.3 Å². The van der Waals surface area contributed by atoms with E-state index in [0.29, 0.717) is 19.0 Å². The third-order valence-electron chi connectivity index (χ3n) is 3.65. The number of likely N-dealkylation sites (tertiary alicyclic amines) is 1. The molecule has 0 radical (unpaired) electrons. The summed E-state index contributed by atoms with van der Waals surface area (Å²) < 4.78 is 5.43. The summed E-state index contributed by atoms with van der Waals surface area (Å²) in [5.74, 6) is 0.402. The van der Waals surface area contributed by atoms with Crippen LogP contribution < -0.4 is 10.9 Å². The Morgan fingerprint density at radius 2 is 2.26 bits per heavy atom. The van der Waals surface area contributed by atoms with Crippen LogP contribution in [0.4, 0.5) is 4.79 Å². The van der Waals surface area contributed by atoms with Gasteiger partial charge in [0.25, 0.3) is 5.56 Å². The number of amides is 1. The summed E-state index contributed by atoms with van der Waals surface area (Å²) >= 11 is 0. The van der Waals surface area contributed by atoms with Gasteiger partial charge in [0.15, 0.2) is 0 Å². The van der Waals surface area contributed by atoms with Crippen molar-refractivity contribution in [2.45, 2.75) is 45.8 Å². The van der Waals surface area contributed by atoms with Crippen LogP contribution in [-0.2, 0) is 11.3 Å². The zero-order valence-corrected chi connectivity index (χ0v) is 14.1. The molecule has 1 aliphatic heterocycles. The number of nitrogens with zero attached hydrogens (tertiary/aromatic N) is 2. The van der Waals surface area contributed by atoms with Crippen molar-refractivity contribution < 1.29 is 9.53 Å². The largest absolute Gasteiger partial charge is 0.444 e. The van der Waals surface area contributed by atoms with E-state index >= 15 is 0 Å². The Kier molecular flexibility index (Phi) is 5.76. The highest BCUT2D eigenvalue weighted by molar-refractivity contribution is 5.68. The molecule has 128 valence electrons. The lowest BCUT2D eigenvalue weighted by molar-refractivity contribution is 0.0166. The number of carbonyl (C=O) groups is 1. The lowest BCUT2D eigenvalue weighted by Crippen LogP contribution is -2.45. The van der Waals surface area contributed by atoms with Gasteiger partial charge in [-0.2, -0.15) is 5.10 Å². The number of hydrogen-bond donors (Lipinski definition) is 2. The highest BCUT2D eigenvalue weighted by atomic mass is 16.6. The Morgan fingerprint density at radius 3 is 2.91 bits per heavy atom. The zero-order valence-electron chi connectivity index (χ0n) is 14.1. The summed E-state index contributed by atoms with van der Waals surface area (Å²) in [7, 11) is 0. The van der Waals surface area contributed by atoms with E-state index in [1.807, 2.05) is 20.8 Å². The minimum absolute atomic E-state index is 0.200. The molecule has 1 aromatic rings. The Bertz CT molecular complexity index is 559. The van der Waals surface area contributed by atoms with E-state index in [-0.39, 0.29) is 11.7 Å². The van der Waals surface area contributed by atoms with Crippen LogP contribution in [0.2, 0.25) is 0 Å². The van der Waals surface area contributed by atoms with Crippen LogP contribution in [0.3, 0.4) is 0 Å². The Morgan fingerprint density at radius 1 is 1.48 bits per heavy atom. The van der Waals surface area contributed by atoms with E-state index in [9.17, 15) is 9.59 Å². The molecule has 2 rings (SSSR count). The van der Waals surface area contributed by atoms with E-state index in [4.69, 9.17) is 4.74 Å². The van der Waals surface area contributed by atoms with Gasteiger partial charge in [0.05, 0.1) is 5.69 Å². The summed E-state index contributed by atoms with van der Waals surface area (Å²) in [5, 5.41) is 9.71. The third kappa shape index (κ3) is 6.02. The summed E-state index contributed by atoms with van der Waals surface area (Å²) in [6.07, 6.45) is 1.85. The number of rotatable bonds is 4. The van der Waals surface area contributed by atoms with Crippen LogP contribution >= 0.6 is 0 Å². The van der Waals surface area contributed by atoms with Gasteiger partial charge in [-0.25, -0.2) is 9.89 Å². The topological polar surface area (TPSA) is 87.3 Å². The van der Waals surface area contributed by atoms with Gasteiger partial charge in [0, 0.05) is 32.2 Å². The Balaban J connectivity index is 1.76. The normalized spacial score (nSPS) is 18.7. The maximum atomic E-state index is 12.1. The number of hydrogen-bond acceptors (Lipinski definition) is 5. The van der Waals surface area contributed by atoms with Crippen LogP contribution in [0, 0.1) is 5.92 Å². The number of piperidine rings is 1. The van der Waals surface area contributed by atoms with Crippen molar-refractivity contribution in [2.24, 2.45) is 5.92 Å². The molecule has 23 heavy (non-hydrogen) atoms. The van der Waals surface area contributed by atoms with Gasteiger partial charge in [-0.15, -0.1) is 0 Å². The second kappa shape index (κ2) is 7.59. The molecule has 1 aliphatic rings. The van der Waals surface area contributed by atoms with Crippen molar-refractivity contribution in [1.29, 1.82) is 0 Å². The minimum atomic E-state index is -0.460. The minimum Gasteiger partial charge on any atom is -0.444 e. The highest BCUT2D eigenvalue weighted by Crippen LogP contribution is 2.18. The van der Waals surface area contributed by atoms with E-state index in [1.165, 1.54) is 6.07 Å². The van der Waals surface area contributed by atoms with Gasteiger partial charge in [-0.1, -0.05) is 0 Å². The Labute approximate surface area is 136 Å². The molecule has 1 unspecified atom stereocenters. The van der Waals surface area contributed by atoms with Crippen molar-refractivity contribution >= 4 is 6.09 Å². The number of nitrogens with one attached hydrogen (secondary N) is 2. The lowest BCUT2D eigenvalue weighted by Gasteiger charge is -2.34. The van der Waals surface area contributed by atoms with Crippen molar-refractivity contribution in [3.05, 3.63) is 28.2 Å². The van der Waals surface area contributed by atoms with Crippen molar-refractivity contribution in [3.8, 4) is 0 Å². The second-order valence-corrected chi connectivity index (χ2v) is 6.98. The highest BCUT2D eigenvalue weighted by Gasteiger charge is 2.27. The molecule has 1 fully saturated rings. The molecule has 2 heterocycles. The average Bonchev–Trinajstić information content (AvgIpc) is 2.48. The maximum Gasteiger partial charge on any atom is 0.410 e. The maximum absolute atomic E-state index is 12.1. The van der Waals surface area contributed by atoms with Gasteiger partial charge in [-0.05, 0) is 45.6 Å². The van der Waals surface area contributed by atoms with E-state index in [1.54, 1.807) is 11.0 Å². The fraction of sp³-hybridized carbons (Fsp3) is 0.688. The molecule has 1 saturated heterocycles. The first-order valence-corrected chi connectivity index (χ1v) is 8.07. The van der Waals surface area contributed by atoms with E-state index in [2.05, 4.69) is 15.5 Å². The van der Waals surface area contributed by atoms with Crippen molar-refractivity contribution in [2.75, 3.05) is 19.6 Å². The number of ether oxygens (including phenoxy) is 1. The van der Waals surface area contributed by atoms with Crippen molar-refractivity contribution in [1.82, 2.24) is 20.4 Å². The van der Waals surface area contributed by atoms with E-state index < -0.39 is 5.60 Å². The van der Waals surface area contributed by atoms with Gasteiger partial charge in [0.1, 0.15) is 5.60 Å². The van der Waals surface area contributed by atoms with Gasteiger partial charge < -0.3 is 15.0 Å². The predicted octanol–water partition coefficient (Wildman–Crippen LogP) is 1.51. The van der Waals surface area contributed by atoms with Gasteiger partial charge in [0.2, 0.25) is 0 Å². The van der Waals surface area contributed by atoms with Crippen LogP contribution in [-0.4, -0.2) is 46.4 Å². The fourth-order valence-electron chi connectivity index (χ4n) is 2.60. The summed E-state index contributed by atoms with van der Waals surface area (Å²) in [5.41, 5.74) is 0.136. The van der Waals surface area contributed by atoms with E-state index in [0.717, 1.165) is 31.6 Å². The van der Waals surface area contributed by atoms with Crippen LogP contribution in [0.15, 0.2) is 16.9 Å².